The van der Waals surface area contributed by atoms with E-state index in [0.29, 0.717) is 11.3 Å². The van der Waals surface area contributed by atoms with Crippen molar-refractivity contribution in [1.82, 2.24) is 5.32 Å². The van der Waals surface area contributed by atoms with Crippen molar-refractivity contribution in [3.8, 4) is 5.75 Å². The van der Waals surface area contributed by atoms with Crippen LogP contribution in [0.4, 0.5) is 8.78 Å². The summed E-state index contributed by atoms with van der Waals surface area (Å²) in [7, 11) is 1.86. The number of hydrogen-bond donors (Lipinski definition) is 1. The number of nitrogens with one attached hydrogen (secondary N) is 1. The van der Waals surface area contributed by atoms with Gasteiger partial charge in [-0.05, 0) is 68.7 Å². The van der Waals surface area contributed by atoms with Gasteiger partial charge in [-0.3, -0.25) is 0 Å². The predicted molar refractivity (Wildman–Crippen MR) is 85.3 cm³/mol. The molecule has 0 atom stereocenters. The van der Waals surface area contributed by atoms with E-state index in [9.17, 15) is 8.78 Å². The maximum absolute atomic E-state index is 13.6. The molecule has 0 spiro atoms. The highest BCUT2D eigenvalue weighted by molar-refractivity contribution is 9.11. The first kappa shape index (κ1) is 16.4. The Hall–Kier alpha value is -0.980. The molecule has 0 radical (unpaired) electrons. The largest absolute Gasteiger partial charge is 0.486 e. The Morgan fingerprint density at radius 3 is 2.33 bits per heavy atom. The molecular weight excluding hydrogens is 408 g/mol. The fraction of sp³-hybridized carbons (Fsp3) is 0.200. The van der Waals surface area contributed by atoms with Crippen molar-refractivity contribution in [2.24, 2.45) is 0 Å². The maximum Gasteiger partial charge on any atom is 0.148 e. The molecule has 2 rings (SSSR count). The van der Waals surface area contributed by atoms with Crippen LogP contribution < -0.4 is 10.1 Å². The zero-order chi connectivity index (χ0) is 15.4. The van der Waals surface area contributed by atoms with E-state index in [4.69, 9.17) is 4.74 Å². The SMILES string of the molecule is CNCc1cc(Br)c(OCc2ccc(F)cc2F)c(Br)c1. The van der Waals surface area contributed by atoms with Gasteiger partial charge in [0.25, 0.3) is 0 Å². The van der Waals surface area contributed by atoms with Gasteiger partial charge in [-0.2, -0.15) is 0 Å². The number of ether oxygens (including phenoxy) is 1. The summed E-state index contributed by atoms with van der Waals surface area (Å²) in [5, 5.41) is 3.06. The Balaban J connectivity index is 2.16. The van der Waals surface area contributed by atoms with Crippen molar-refractivity contribution in [3.05, 3.63) is 62.0 Å². The first-order chi connectivity index (χ1) is 10.0. The van der Waals surface area contributed by atoms with Crippen LogP contribution in [0.25, 0.3) is 0 Å². The molecule has 0 bridgehead atoms. The summed E-state index contributed by atoms with van der Waals surface area (Å²) < 4.78 is 33.6. The van der Waals surface area contributed by atoms with Crippen molar-refractivity contribution < 1.29 is 13.5 Å². The van der Waals surface area contributed by atoms with Gasteiger partial charge in [-0.25, -0.2) is 8.78 Å². The summed E-state index contributed by atoms with van der Waals surface area (Å²) in [6.07, 6.45) is 0. The molecule has 0 aromatic heterocycles. The molecule has 2 aromatic carbocycles. The van der Waals surface area contributed by atoms with Crippen LogP contribution in [0, 0.1) is 11.6 Å². The third-order valence-electron chi connectivity index (χ3n) is 2.83. The van der Waals surface area contributed by atoms with E-state index in [1.165, 1.54) is 12.1 Å². The zero-order valence-electron chi connectivity index (χ0n) is 11.2. The minimum absolute atomic E-state index is 0.0225. The third kappa shape index (κ3) is 4.25. The molecule has 0 saturated heterocycles. The second kappa shape index (κ2) is 7.33. The minimum Gasteiger partial charge on any atom is -0.486 e. The van der Waals surface area contributed by atoms with Gasteiger partial charge in [0.1, 0.15) is 24.0 Å². The van der Waals surface area contributed by atoms with Crippen LogP contribution >= 0.6 is 31.9 Å². The summed E-state index contributed by atoms with van der Waals surface area (Å²) in [6, 6.07) is 7.29. The second-order valence-electron chi connectivity index (χ2n) is 4.44. The molecule has 1 N–H and O–H groups in total. The van der Waals surface area contributed by atoms with Crippen molar-refractivity contribution in [1.29, 1.82) is 0 Å². The van der Waals surface area contributed by atoms with E-state index >= 15 is 0 Å². The van der Waals surface area contributed by atoms with E-state index < -0.39 is 11.6 Å². The molecule has 0 heterocycles. The first-order valence-electron chi connectivity index (χ1n) is 6.20. The highest BCUT2D eigenvalue weighted by Crippen LogP contribution is 2.35. The van der Waals surface area contributed by atoms with Crippen molar-refractivity contribution in [2.45, 2.75) is 13.2 Å². The Morgan fingerprint density at radius 2 is 1.76 bits per heavy atom. The first-order valence-corrected chi connectivity index (χ1v) is 7.79. The molecule has 0 saturated carbocycles. The van der Waals surface area contributed by atoms with E-state index in [-0.39, 0.29) is 6.61 Å². The van der Waals surface area contributed by atoms with Gasteiger partial charge < -0.3 is 10.1 Å². The molecule has 0 amide bonds. The van der Waals surface area contributed by atoms with Crippen molar-refractivity contribution in [2.75, 3.05) is 7.05 Å². The Labute approximate surface area is 138 Å². The van der Waals surface area contributed by atoms with E-state index in [1.807, 2.05) is 19.2 Å². The molecule has 0 aliphatic rings. The molecule has 0 fully saturated rings. The van der Waals surface area contributed by atoms with Gasteiger partial charge in [-0.1, -0.05) is 0 Å². The fourth-order valence-electron chi connectivity index (χ4n) is 1.85. The zero-order valence-corrected chi connectivity index (χ0v) is 14.4. The van der Waals surface area contributed by atoms with Gasteiger partial charge in [0.05, 0.1) is 8.95 Å². The van der Waals surface area contributed by atoms with Crippen LogP contribution in [0.3, 0.4) is 0 Å². The van der Waals surface area contributed by atoms with E-state index in [0.717, 1.165) is 27.1 Å². The Kier molecular flexibility index (Phi) is 5.72. The molecular formula is C15H13Br2F2NO. The van der Waals surface area contributed by atoms with Crippen molar-refractivity contribution in [3.63, 3.8) is 0 Å². The summed E-state index contributed by atoms with van der Waals surface area (Å²) in [5.74, 6) is -0.636. The second-order valence-corrected chi connectivity index (χ2v) is 6.15. The average molecular weight is 421 g/mol. The highest BCUT2D eigenvalue weighted by atomic mass is 79.9. The lowest BCUT2D eigenvalue weighted by atomic mass is 10.2. The van der Waals surface area contributed by atoms with Crippen LogP contribution in [0.2, 0.25) is 0 Å². The summed E-state index contributed by atoms with van der Waals surface area (Å²) in [4.78, 5) is 0. The summed E-state index contributed by atoms with van der Waals surface area (Å²) in [5.41, 5.74) is 1.38. The lowest BCUT2D eigenvalue weighted by molar-refractivity contribution is 0.295. The van der Waals surface area contributed by atoms with Crippen LogP contribution in [0.1, 0.15) is 11.1 Å². The smallest absolute Gasteiger partial charge is 0.148 e. The van der Waals surface area contributed by atoms with Crippen LogP contribution in [0.15, 0.2) is 39.3 Å². The normalized spacial score (nSPS) is 10.7. The van der Waals surface area contributed by atoms with E-state index in [1.54, 1.807) is 0 Å². The molecule has 112 valence electrons. The Bertz CT molecular complexity index is 627. The lowest BCUT2D eigenvalue weighted by Gasteiger charge is -2.13. The lowest BCUT2D eigenvalue weighted by Crippen LogP contribution is -2.06. The molecule has 2 nitrogen and oxygen atoms in total. The molecule has 0 aliphatic carbocycles. The molecule has 6 heteroatoms. The predicted octanol–water partition coefficient (Wildman–Crippen LogP) is 4.79. The number of rotatable bonds is 5. The summed E-state index contributed by atoms with van der Waals surface area (Å²) in [6.45, 7) is 0.749. The topological polar surface area (TPSA) is 21.3 Å². The fourth-order valence-corrected chi connectivity index (χ4v) is 3.36. The number of benzene rings is 2. The van der Waals surface area contributed by atoms with Gasteiger partial charge in [-0.15, -0.1) is 0 Å². The monoisotopic (exact) mass is 419 g/mol. The molecule has 21 heavy (non-hydrogen) atoms. The number of halogens is 4. The van der Waals surface area contributed by atoms with Gasteiger partial charge in [0.2, 0.25) is 0 Å². The van der Waals surface area contributed by atoms with Crippen LogP contribution in [-0.4, -0.2) is 7.05 Å². The average Bonchev–Trinajstić information content (AvgIpc) is 2.40. The van der Waals surface area contributed by atoms with Crippen molar-refractivity contribution >= 4 is 31.9 Å². The Morgan fingerprint density at radius 1 is 1.10 bits per heavy atom. The highest BCUT2D eigenvalue weighted by Gasteiger charge is 2.11. The standard InChI is InChI=1S/C15H13Br2F2NO/c1-20-7-9-4-12(16)15(13(17)5-9)21-8-10-2-3-11(18)6-14(10)19/h2-6,20H,7-8H2,1H3. The van der Waals surface area contributed by atoms with Crippen LogP contribution in [-0.2, 0) is 13.2 Å². The van der Waals surface area contributed by atoms with Gasteiger partial charge in [0.15, 0.2) is 0 Å². The van der Waals surface area contributed by atoms with Gasteiger partial charge >= 0.3 is 0 Å². The van der Waals surface area contributed by atoms with Crippen LogP contribution in [0.5, 0.6) is 5.75 Å². The maximum atomic E-state index is 13.6. The molecule has 0 aliphatic heterocycles. The molecule has 2 aromatic rings. The molecule has 0 unspecified atom stereocenters. The quantitative estimate of drug-likeness (QED) is 0.750. The van der Waals surface area contributed by atoms with Gasteiger partial charge in [0, 0.05) is 18.2 Å². The minimum atomic E-state index is -0.617. The third-order valence-corrected chi connectivity index (χ3v) is 4.00. The number of hydrogen-bond acceptors (Lipinski definition) is 2. The van der Waals surface area contributed by atoms with E-state index in [2.05, 4.69) is 37.2 Å². The summed E-state index contributed by atoms with van der Waals surface area (Å²) >= 11 is 6.87.